The van der Waals surface area contributed by atoms with E-state index in [2.05, 4.69) is 5.32 Å². The van der Waals surface area contributed by atoms with Gasteiger partial charge in [-0.25, -0.2) is 8.78 Å². The quantitative estimate of drug-likeness (QED) is 0.928. The normalized spacial score (nSPS) is 14.0. The standard InChI is InChI=1S/C17H14F2N2/c18-14-6-12(9-20)5-13(8-14)16-7-11(1-4-17(16)19)10-21-15-2-3-15/h1,4-8,15,21H,2-3,10H2. The van der Waals surface area contributed by atoms with Crippen molar-refractivity contribution in [2.45, 2.75) is 25.4 Å². The van der Waals surface area contributed by atoms with Crippen LogP contribution in [0.5, 0.6) is 0 Å². The van der Waals surface area contributed by atoms with E-state index in [4.69, 9.17) is 5.26 Å². The Morgan fingerprint density at radius 3 is 2.67 bits per heavy atom. The van der Waals surface area contributed by atoms with Crippen molar-refractivity contribution in [3.63, 3.8) is 0 Å². The van der Waals surface area contributed by atoms with Gasteiger partial charge in [0.15, 0.2) is 0 Å². The zero-order valence-corrected chi connectivity index (χ0v) is 11.4. The molecule has 106 valence electrons. The van der Waals surface area contributed by atoms with Crippen LogP contribution in [0.15, 0.2) is 36.4 Å². The van der Waals surface area contributed by atoms with Crippen LogP contribution in [0.1, 0.15) is 24.0 Å². The highest BCUT2D eigenvalue weighted by molar-refractivity contribution is 5.66. The first-order valence-corrected chi connectivity index (χ1v) is 6.88. The van der Waals surface area contributed by atoms with Crippen LogP contribution in [0, 0.1) is 23.0 Å². The molecule has 0 saturated heterocycles. The zero-order chi connectivity index (χ0) is 14.8. The zero-order valence-electron chi connectivity index (χ0n) is 11.4. The van der Waals surface area contributed by atoms with Crippen molar-refractivity contribution in [3.05, 3.63) is 59.2 Å². The van der Waals surface area contributed by atoms with Gasteiger partial charge in [-0.15, -0.1) is 0 Å². The van der Waals surface area contributed by atoms with Crippen molar-refractivity contribution >= 4 is 0 Å². The first-order valence-electron chi connectivity index (χ1n) is 6.88. The van der Waals surface area contributed by atoms with Gasteiger partial charge >= 0.3 is 0 Å². The van der Waals surface area contributed by atoms with Crippen LogP contribution in [-0.4, -0.2) is 6.04 Å². The fourth-order valence-corrected chi connectivity index (χ4v) is 2.26. The van der Waals surface area contributed by atoms with Gasteiger partial charge in [-0.3, -0.25) is 0 Å². The van der Waals surface area contributed by atoms with E-state index in [1.807, 2.05) is 6.07 Å². The second-order valence-electron chi connectivity index (χ2n) is 5.31. The summed E-state index contributed by atoms with van der Waals surface area (Å²) in [6.07, 6.45) is 2.37. The Kier molecular flexibility index (Phi) is 3.68. The third-order valence-corrected chi connectivity index (χ3v) is 3.54. The molecule has 0 atom stereocenters. The van der Waals surface area contributed by atoms with Gasteiger partial charge in [0.05, 0.1) is 11.6 Å². The third-order valence-electron chi connectivity index (χ3n) is 3.54. The highest BCUT2D eigenvalue weighted by atomic mass is 19.1. The van der Waals surface area contributed by atoms with E-state index in [1.165, 1.54) is 31.0 Å². The van der Waals surface area contributed by atoms with E-state index in [0.717, 1.165) is 11.6 Å². The molecule has 2 aromatic rings. The molecular formula is C17H14F2N2. The molecule has 1 aliphatic carbocycles. The molecule has 1 aliphatic rings. The molecule has 2 nitrogen and oxygen atoms in total. The third kappa shape index (κ3) is 3.26. The number of rotatable bonds is 4. The topological polar surface area (TPSA) is 35.8 Å². The first kappa shape index (κ1) is 13.7. The van der Waals surface area contributed by atoms with Crippen LogP contribution in [0.25, 0.3) is 11.1 Å². The first-order chi connectivity index (χ1) is 10.2. The summed E-state index contributed by atoms with van der Waals surface area (Å²) in [4.78, 5) is 0. The monoisotopic (exact) mass is 284 g/mol. The fourth-order valence-electron chi connectivity index (χ4n) is 2.26. The predicted octanol–water partition coefficient (Wildman–Crippen LogP) is 3.76. The maximum Gasteiger partial charge on any atom is 0.131 e. The Bertz CT molecular complexity index is 715. The van der Waals surface area contributed by atoms with Gasteiger partial charge in [0.25, 0.3) is 0 Å². The lowest BCUT2D eigenvalue weighted by molar-refractivity contribution is 0.623. The minimum atomic E-state index is -0.537. The molecule has 0 aromatic heterocycles. The van der Waals surface area contributed by atoms with Crippen molar-refractivity contribution < 1.29 is 8.78 Å². The summed E-state index contributed by atoms with van der Waals surface area (Å²) in [6, 6.07) is 11.2. The van der Waals surface area contributed by atoms with Gasteiger partial charge < -0.3 is 5.32 Å². The van der Waals surface area contributed by atoms with Crippen LogP contribution >= 0.6 is 0 Å². The second-order valence-corrected chi connectivity index (χ2v) is 5.31. The summed E-state index contributed by atoms with van der Waals surface area (Å²) in [6.45, 7) is 0.665. The maximum absolute atomic E-state index is 14.0. The molecule has 0 unspecified atom stereocenters. The van der Waals surface area contributed by atoms with Crippen LogP contribution in [0.2, 0.25) is 0 Å². The number of halogens is 2. The minimum absolute atomic E-state index is 0.186. The lowest BCUT2D eigenvalue weighted by Gasteiger charge is -2.09. The Balaban J connectivity index is 1.94. The molecule has 0 heterocycles. The SMILES string of the molecule is N#Cc1cc(F)cc(-c2cc(CNC3CC3)ccc2F)c1. The van der Waals surface area contributed by atoms with E-state index in [9.17, 15) is 8.78 Å². The Morgan fingerprint density at radius 1 is 1.14 bits per heavy atom. The average Bonchev–Trinajstić information content (AvgIpc) is 3.30. The van der Waals surface area contributed by atoms with Gasteiger partial charge in [-0.05, 0) is 54.3 Å². The highest BCUT2D eigenvalue weighted by Gasteiger charge is 2.20. The summed E-state index contributed by atoms with van der Waals surface area (Å²) >= 11 is 0. The summed E-state index contributed by atoms with van der Waals surface area (Å²) in [5.41, 5.74) is 1.84. The van der Waals surface area contributed by atoms with E-state index in [0.29, 0.717) is 23.7 Å². The molecule has 21 heavy (non-hydrogen) atoms. The van der Waals surface area contributed by atoms with Gasteiger partial charge in [0.1, 0.15) is 11.6 Å². The molecule has 2 aromatic carbocycles. The molecule has 0 aliphatic heterocycles. The number of nitrogens with zero attached hydrogens (tertiary/aromatic N) is 1. The maximum atomic E-state index is 14.0. The van der Waals surface area contributed by atoms with Crippen molar-refractivity contribution in [3.8, 4) is 17.2 Å². The number of nitriles is 1. The van der Waals surface area contributed by atoms with E-state index in [1.54, 1.807) is 12.1 Å². The number of hydrogen-bond donors (Lipinski definition) is 1. The molecule has 0 spiro atoms. The predicted molar refractivity (Wildman–Crippen MR) is 76.4 cm³/mol. The Morgan fingerprint density at radius 2 is 1.95 bits per heavy atom. The Hall–Kier alpha value is -2.25. The molecule has 0 radical (unpaired) electrons. The number of nitrogens with one attached hydrogen (secondary N) is 1. The Labute approximate surface area is 122 Å². The summed E-state index contributed by atoms with van der Waals surface area (Å²) < 4.78 is 27.5. The molecule has 0 bridgehead atoms. The molecule has 1 N–H and O–H groups in total. The van der Waals surface area contributed by atoms with Crippen molar-refractivity contribution in [2.75, 3.05) is 0 Å². The van der Waals surface area contributed by atoms with Gasteiger partial charge in [-0.2, -0.15) is 5.26 Å². The lowest BCUT2D eigenvalue weighted by atomic mass is 10.0. The van der Waals surface area contributed by atoms with Crippen LogP contribution < -0.4 is 5.32 Å². The lowest BCUT2D eigenvalue weighted by Crippen LogP contribution is -2.15. The molecule has 3 rings (SSSR count). The molecule has 0 amide bonds. The van der Waals surface area contributed by atoms with Crippen LogP contribution in [-0.2, 0) is 6.54 Å². The summed E-state index contributed by atoms with van der Waals surface area (Å²) in [5.74, 6) is -0.954. The van der Waals surface area contributed by atoms with Crippen LogP contribution in [0.4, 0.5) is 8.78 Å². The highest BCUT2D eigenvalue weighted by Crippen LogP contribution is 2.26. The minimum Gasteiger partial charge on any atom is -0.310 e. The van der Waals surface area contributed by atoms with Crippen LogP contribution in [0.3, 0.4) is 0 Å². The summed E-state index contributed by atoms with van der Waals surface area (Å²) in [5, 5.41) is 12.2. The summed E-state index contributed by atoms with van der Waals surface area (Å²) in [7, 11) is 0. The van der Waals surface area contributed by atoms with Crippen molar-refractivity contribution in [1.82, 2.24) is 5.32 Å². The van der Waals surface area contributed by atoms with E-state index in [-0.39, 0.29) is 5.56 Å². The van der Waals surface area contributed by atoms with Gasteiger partial charge in [-0.1, -0.05) is 6.07 Å². The molecular weight excluding hydrogens is 270 g/mol. The number of benzene rings is 2. The van der Waals surface area contributed by atoms with E-state index < -0.39 is 11.6 Å². The average molecular weight is 284 g/mol. The molecule has 1 fully saturated rings. The van der Waals surface area contributed by atoms with E-state index >= 15 is 0 Å². The smallest absolute Gasteiger partial charge is 0.131 e. The van der Waals surface area contributed by atoms with Crippen molar-refractivity contribution in [1.29, 1.82) is 5.26 Å². The second kappa shape index (κ2) is 5.63. The van der Waals surface area contributed by atoms with Crippen molar-refractivity contribution in [2.24, 2.45) is 0 Å². The molecule has 1 saturated carbocycles. The van der Waals surface area contributed by atoms with Gasteiger partial charge in [0, 0.05) is 18.2 Å². The number of hydrogen-bond acceptors (Lipinski definition) is 2. The fraction of sp³-hybridized carbons (Fsp3) is 0.235. The largest absolute Gasteiger partial charge is 0.310 e. The van der Waals surface area contributed by atoms with Gasteiger partial charge in [0.2, 0.25) is 0 Å². The molecule has 4 heteroatoms.